The van der Waals surface area contributed by atoms with E-state index in [1.807, 2.05) is 30.3 Å². The lowest BCUT2D eigenvalue weighted by molar-refractivity contribution is -0.114. The fourth-order valence-electron chi connectivity index (χ4n) is 1.96. The molecule has 0 aliphatic rings. The molecular weight excluding hydrogens is 330 g/mol. The number of para-hydroxylation sites is 1. The molecule has 0 bridgehead atoms. The summed E-state index contributed by atoms with van der Waals surface area (Å²) in [6.45, 7) is -0.213. The number of ketones is 1. The van der Waals surface area contributed by atoms with E-state index in [9.17, 15) is 9.59 Å². The fraction of sp³-hybridized carbons (Fsp3) is 0.118. The number of thioether (sulfide) groups is 1. The third kappa shape index (κ3) is 4.25. The minimum Gasteiger partial charge on any atom is -0.365 e. The molecule has 0 radical (unpaired) electrons. The predicted molar refractivity (Wildman–Crippen MR) is 92.1 cm³/mol. The van der Waals surface area contributed by atoms with E-state index in [0.29, 0.717) is 9.90 Å². The Morgan fingerprint density at radius 1 is 1.00 bits per heavy atom. The number of ether oxygens (including phenoxy) is 1. The molecule has 2 aromatic carbocycles. The van der Waals surface area contributed by atoms with Crippen molar-refractivity contribution in [3.05, 3.63) is 60.2 Å². The predicted octanol–water partition coefficient (Wildman–Crippen LogP) is 3.81. The van der Waals surface area contributed by atoms with Crippen LogP contribution in [0.5, 0.6) is 0 Å². The number of benzene rings is 2. The molecule has 0 fully saturated rings. The van der Waals surface area contributed by atoms with Crippen LogP contribution in [0.15, 0.2) is 58.9 Å². The Bertz CT molecular complexity index is 797. The van der Waals surface area contributed by atoms with E-state index in [1.165, 1.54) is 11.3 Å². The molecule has 1 heterocycles. The number of nitrogens with zero attached hydrogens (tertiary/aromatic N) is 1. The Balaban J connectivity index is 1.49. The maximum atomic E-state index is 11.9. The van der Waals surface area contributed by atoms with Gasteiger partial charge in [0, 0.05) is 5.56 Å². The van der Waals surface area contributed by atoms with Gasteiger partial charge in [-0.3, -0.25) is 9.59 Å². The highest BCUT2D eigenvalue weighted by molar-refractivity contribution is 8.15. The van der Waals surface area contributed by atoms with Gasteiger partial charge in [0.15, 0.2) is 10.1 Å². The minimum absolute atomic E-state index is 0.101. The molecule has 3 aromatic rings. The molecule has 116 valence electrons. The molecular formula is C17H13NO3S2. The highest BCUT2D eigenvalue weighted by Crippen LogP contribution is 2.29. The van der Waals surface area contributed by atoms with Crippen molar-refractivity contribution in [2.24, 2.45) is 0 Å². The Morgan fingerprint density at radius 2 is 1.74 bits per heavy atom. The average molecular weight is 343 g/mol. The van der Waals surface area contributed by atoms with E-state index in [1.54, 1.807) is 24.3 Å². The van der Waals surface area contributed by atoms with Gasteiger partial charge in [-0.25, -0.2) is 4.98 Å². The van der Waals surface area contributed by atoms with Gasteiger partial charge in [-0.2, -0.15) is 0 Å². The van der Waals surface area contributed by atoms with Gasteiger partial charge in [0.2, 0.25) is 5.12 Å². The van der Waals surface area contributed by atoms with Crippen molar-refractivity contribution in [2.75, 3.05) is 13.2 Å². The van der Waals surface area contributed by atoms with Crippen molar-refractivity contribution in [1.82, 2.24) is 4.98 Å². The normalized spacial score (nSPS) is 10.8. The number of carbonyl (C=O) groups excluding carboxylic acids is 2. The molecule has 0 aliphatic heterocycles. The topological polar surface area (TPSA) is 56.3 Å². The molecule has 4 nitrogen and oxygen atoms in total. The molecule has 0 atom stereocenters. The first-order valence-electron chi connectivity index (χ1n) is 6.94. The molecule has 0 saturated heterocycles. The Kier molecular flexibility index (Phi) is 5.17. The summed E-state index contributed by atoms with van der Waals surface area (Å²) in [6.07, 6.45) is 0. The fourth-order valence-corrected chi connectivity index (χ4v) is 3.85. The van der Waals surface area contributed by atoms with Crippen LogP contribution in [-0.2, 0) is 9.53 Å². The number of aromatic nitrogens is 1. The number of rotatable bonds is 6. The van der Waals surface area contributed by atoms with E-state index in [-0.39, 0.29) is 24.1 Å². The molecule has 0 aliphatic carbocycles. The van der Waals surface area contributed by atoms with Gasteiger partial charge < -0.3 is 4.74 Å². The van der Waals surface area contributed by atoms with Crippen molar-refractivity contribution in [2.45, 2.75) is 4.34 Å². The quantitative estimate of drug-likeness (QED) is 0.503. The van der Waals surface area contributed by atoms with Crippen molar-refractivity contribution < 1.29 is 14.3 Å². The van der Waals surface area contributed by atoms with E-state index < -0.39 is 0 Å². The molecule has 6 heteroatoms. The van der Waals surface area contributed by atoms with E-state index in [4.69, 9.17) is 4.74 Å². The van der Waals surface area contributed by atoms with Gasteiger partial charge in [0.1, 0.15) is 13.2 Å². The van der Waals surface area contributed by atoms with E-state index in [0.717, 1.165) is 22.0 Å². The summed E-state index contributed by atoms with van der Waals surface area (Å²) in [4.78, 5) is 28.1. The van der Waals surface area contributed by atoms with E-state index in [2.05, 4.69) is 4.98 Å². The maximum absolute atomic E-state index is 11.9. The van der Waals surface area contributed by atoms with Gasteiger partial charge >= 0.3 is 0 Å². The zero-order valence-electron chi connectivity index (χ0n) is 12.1. The number of fused-ring (bicyclic) bond motifs is 1. The summed E-state index contributed by atoms with van der Waals surface area (Å²) in [5, 5.41) is -0.162. The second kappa shape index (κ2) is 7.50. The summed E-state index contributed by atoms with van der Waals surface area (Å²) in [6, 6.07) is 16.6. The molecule has 0 unspecified atom stereocenters. The highest BCUT2D eigenvalue weighted by atomic mass is 32.2. The van der Waals surface area contributed by atoms with Crippen LogP contribution in [-0.4, -0.2) is 29.1 Å². The van der Waals surface area contributed by atoms with Crippen molar-refractivity contribution in [1.29, 1.82) is 0 Å². The average Bonchev–Trinajstić information content (AvgIpc) is 2.97. The first kappa shape index (κ1) is 15.9. The molecule has 0 N–H and O–H groups in total. The second-order valence-corrected chi connectivity index (χ2v) is 7.04. The van der Waals surface area contributed by atoms with Gasteiger partial charge in [0.25, 0.3) is 0 Å². The monoisotopic (exact) mass is 343 g/mol. The van der Waals surface area contributed by atoms with Gasteiger partial charge in [-0.05, 0) is 23.9 Å². The third-order valence-electron chi connectivity index (χ3n) is 3.02. The smallest absolute Gasteiger partial charge is 0.221 e. The van der Waals surface area contributed by atoms with Crippen LogP contribution in [0.25, 0.3) is 10.2 Å². The van der Waals surface area contributed by atoms with Crippen molar-refractivity contribution in [3.8, 4) is 0 Å². The van der Waals surface area contributed by atoms with Crippen molar-refractivity contribution >= 4 is 44.2 Å². The van der Waals surface area contributed by atoms with Gasteiger partial charge in [-0.15, -0.1) is 11.3 Å². The van der Waals surface area contributed by atoms with Crippen LogP contribution in [0, 0.1) is 0 Å². The van der Waals surface area contributed by atoms with Gasteiger partial charge in [-0.1, -0.05) is 42.5 Å². The second-order valence-electron chi connectivity index (χ2n) is 4.70. The van der Waals surface area contributed by atoms with Crippen LogP contribution in [0.4, 0.5) is 0 Å². The summed E-state index contributed by atoms with van der Waals surface area (Å²) in [5.41, 5.74) is 1.46. The zero-order chi connectivity index (χ0) is 16.1. The third-order valence-corrected chi connectivity index (χ3v) is 4.97. The molecule has 0 amide bonds. The zero-order valence-corrected chi connectivity index (χ0v) is 13.7. The number of thiazole rings is 1. The molecule has 3 rings (SSSR count). The van der Waals surface area contributed by atoms with Crippen molar-refractivity contribution in [3.63, 3.8) is 0 Å². The first-order valence-corrected chi connectivity index (χ1v) is 8.58. The number of hydrogen-bond acceptors (Lipinski definition) is 6. The first-order chi connectivity index (χ1) is 11.2. The van der Waals surface area contributed by atoms with Gasteiger partial charge in [0.05, 0.1) is 10.2 Å². The summed E-state index contributed by atoms with van der Waals surface area (Å²) >= 11 is 2.52. The Morgan fingerprint density at radius 3 is 2.52 bits per heavy atom. The van der Waals surface area contributed by atoms with Crippen LogP contribution < -0.4 is 0 Å². The lowest BCUT2D eigenvalue weighted by Crippen LogP contribution is -2.13. The Labute approximate surface area is 141 Å². The van der Waals surface area contributed by atoms with Crippen LogP contribution in [0.1, 0.15) is 10.4 Å². The maximum Gasteiger partial charge on any atom is 0.221 e. The standard InChI is InChI=1S/C17H13NO3S2/c19-14(12-6-2-1-3-7-12)10-21-11-16(20)23-17-18-13-8-4-5-9-15(13)22-17/h1-9H,10-11H2. The molecule has 23 heavy (non-hydrogen) atoms. The van der Waals surface area contributed by atoms with Crippen LogP contribution >= 0.6 is 23.1 Å². The Hall–Kier alpha value is -2.02. The van der Waals surface area contributed by atoms with E-state index >= 15 is 0 Å². The summed E-state index contributed by atoms with van der Waals surface area (Å²) < 4.78 is 6.95. The minimum atomic E-state index is -0.162. The summed E-state index contributed by atoms with van der Waals surface area (Å²) in [5.74, 6) is -0.136. The lowest BCUT2D eigenvalue weighted by Gasteiger charge is -2.02. The lowest BCUT2D eigenvalue weighted by atomic mass is 10.1. The number of Topliss-reactive ketones (excluding diaryl/α,β-unsaturated/α-hetero) is 1. The number of carbonyl (C=O) groups is 2. The molecule has 0 spiro atoms. The highest BCUT2D eigenvalue weighted by Gasteiger charge is 2.11. The number of hydrogen-bond donors (Lipinski definition) is 0. The SMILES string of the molecule is O=C(COCC(=O)c1ccccc1)Sc1nc2ccccc2s1. The molecule has 0 saturated carbocycles. The van der Waals surface area contributed by atoms with Crippen LogP contribution in [0.2, 0.25) is 0 Å². The largest absolute Gasteiger partial charge is 0.365 e. The molecule has 1 aromatic heterocycles. The van der Waals surface area contributed by atoms with Crippen LogP contribution in [0.3, 0.4) is 0 Å². The summed E-state index contributed by atoms with van der Waals surface area (Å²) in [7, 11) is 0.